The SMILES string of the molecule is CC[C@@H](C(=O)N[C@H](C)c1cc(C)c(C)cc1C)N(c1ccccc1)S(C)(=O)=O. The molecule has 2 rings (SSSR count). The molecule has 28 heavy (non-hydrogen) atoms. The number of hydrogen-bond acceptors (Lipinski definition) is 3. The number of hydrogen-bond donors (Lipinski definition) is 1. The predicted molar refractivity (Wildman–Crippen MR) is 115 cm³/mol. The van der Waals surface area contributed by atoms with Gasteiger partial charge in [-0.3, -0.25) is 9.10 Å². The number of amides is 1. The maximum Gasteiger partial charge on any atom is 0.244 e. The first-order chi connectivity index (χ1) is 13.1. The number of nitrogens with one attached hydrogen (secondary N) is 1. The number of anilines is 1. The molecule has 0 aliphatic heterocycles. The number of carbonyl (C=O) groups is 1. The van der Waals surface area contributed by atoms with Gasteiger partial charge in [0.1, 0.15) is 6.04 Å². The fourth-order valence-corrected chi connectivity index (χ4v) is 4.68. The van der Waals surface area contributed by atoms with E-state index in [0.717, 1.165) is 22.9 Å². The van der Waals surface area contributed by atoms with Crippen LogP contribution in [0.1, 0.15) is 48.6 Å². The van der Waals surface area contributed by atoms with Gasteiger partial charge < -0.3 is 5.32 Å². The molecule has 0 heterocycles. The average Bonchev–Trinajstić information content (AvgIpc) is 2.61. The molecular weight excluding hydrogens is 372 g/mol. The summed E-state index contributed by atoms with van der Waals surface area (Å²) in [6.45, 7) is 9.87. The Labute approximate surface area is 168 Å². The molecule has 0 unspecified atom stereocenters. The maximum absolute atomic E-state index is 13.1. The first-order valence-corrected chi connectivity index (χ1v) is 11.3. The highest BCUT2D eigenvalue weighted by atomic mass is 32.2. The lowest BCUT2D eigenvalue weighted by molar-refractivity contribution is -0.122. The highest BCUT2D eigenvalue weighted by Crippen LogP contribution is 2.25. The summed E-state index contributed by atoms with van der Waals surface area (Å²) in [4.78, 5) is 13.1. The van der Waals surface area contributed by atoms with Gasteiger partial charge in [-0.2, -0.15) is 0 Å². The van der Waals surface area contributed by atoms with Crippen LogP contribution in [0, 0.1) is 20.8 Å². The molecule has 2 aromatic rings. The van der Waals surface area contributed by atoms with Crippen molar-refractivity contribution >= 4 is 21.6 Å². The number of rotatable bonds is 7. The topological polar surface area (TPSA) is 66.5 Å². The van der Waals surface area contributed by atoms with Crippen LogP contribution < -0.4 is 9.62 Å². The summed E-state index contributed by atoms with van der Waals surface area (Å²) in [6.07, 6.45) is 1.50. The molecule has 0 saturated heterocycles. The second-order valence-electron chi connectivity index (χ2n) is 7.34. The number of para-hydroxylation sites is 1. The minimum absolute atomic E-state index is 0.224. The van der Waals surface area contributed by atoms with Crippen LogP contribution in [0.5, 0.6) is 0 Å². The van der Waals surface area contributed by atoms with Crippen molar-refractivity contribution in [1.82, 2.24) is 5.32 Å². The summed E-state index contributed by atoms with van der Waals surface area (Å²) in [5.74, 6) is -0.304. The smallest absolute Gasteiger partial charge is 0.244 e. The lowest BCUT2D eigenvalue weighted by Crippen LogP contribution is -2.49. The van der Waals surface area contributed by atoms with Crippen LogP contribution >= 0.6 is 0 Å². The third-order valence-electron chi connectivity index (χ3n) is 5.05. The van der Waals surface area contributed by atoms with Crippen molar-refractivity contribution < 1.29 is 13.2 Å². The molecule has 1 N–H and O–H groups in total. The molecule has 6 heteroatoms. The summed E-state index contributed by atoms with van der Waals surface area (Å²) < 4.78 is 26.2. The maximum atomic E-state index is 13.1. The summed E-state index contributed by atoms with van der Waals surface area (Å²) in [5.41, 5.74) is 5.00. The van der Waals surface area contributed by atoms with Gasteiger partial charge in [-0.15, -0.1) is 0 Å². The van der Waals surface area contributed by atoms with E-state index < -0.39 is 16.1 Å². The van der Waals surface area contributed by atoms with Gasteiger partial charge in [0.05, 0.1) is 18.0 Å². The van der Waals surface area contributed by atoms with Gasteiger partial charge in [0, 0.05) is 0 Å². The van der Waals surface area contributed by atoms with Crippen LogP contribution in [0.25, 0.3) is 0 Å². The molecule has 0 aliphatic rings. The van der Waals surface area contributed by atoms with Crippen LogP contribution in [-0.4, -0.2) is 26.6 Å². The lowest BCUT2D eigenvalue weighted by Gasteiger charge is -2.31. The largest absolute Gasteiger partial charge is 0.348 e. The molecule has 152 valence electrons. The van der Waals surface area contributed by atoms with E-state index in [-0.39, 0.29) is 11.9 Å². The monoisotopic (exact) mass is 402 g/mol. The fourth-order valence-electron chi connectivity index (χ4n) is 3.47. The van der Waals surface area contributed by atoms with Gasteiger partial charge in [0.2, 0.25) is 15.9 Å². The number of aryl methyl sites for hydroxylation is 3. The van der Waals surface area contributed by atoms with Crippen molar-refractivity contribution in [2.24, 2.45) is 0 Å². The summed E-state index contributed by atoms with van der Waals surface area (Å²) in [7, 11) is -3.62. The molecule has 2 aromatic carbocycles. The Kier molecular flexibility index (Phi) is 6.88. The zero-order valence-electron chi connectivity index (χ0n) is 17.5. The Balaban J connectivity index is 2.33. The Morgan fingerprint density at radius 3 is 2.14 bits per heavy atom. The third-order valence-corrected chi connectivity index (χ3v) is 6.23. The standard InChI is InChI=1S/C22H30N2O3S/c1-7-21(24(28(6,26)27)19-11-9-8-10-12-19)22(25)23-18(5)20-14-16(3)15(2)13-17(20)4/h8-14,18,21H,7H2,1-6H3,(H,23,25)/t18-,21+/m1/s1. The molecule has 0 radical (unpaired) electrons. The van der Waals surface area contributed by atoms with Crippen LogP contribution in [0.4, 0.5) is 5.69 Å². The normalized spacial score (nSPS) is 13.6. The van der Waals surface area contributed by atoms with Gasteiger partial charge in [0.15, 0.2) is 0 Å². The van der Waals surface area contributed by atoms with E-state index in [2.05, 4.69) is 24.4 Å². The van der Waals surface area contributed by atoms with Crippen LogP contribution in [0.15, 0.2) is 42.5 Å². The number of benzene rings is 2. The van der Waals surface area contributed by atoms with Gasteiger partial charge in [-0.25, -0.2) is 8.42 Å². The van der Waals surface area contributed by atoms with E-state index in [0.29, 0.717) is 12.1 Å². The van der Waals surface area contributed by atoms with Crippen LogP contribution in [-0.2, 0) is 14.8 Å². The van der Waals surface area contributed by atoms with Gasteiger partial charge in [0.25, 0.3) is 0 Å². The molecule has 1 amide bonds. The highest BCUT2D eigenvalue weighted by molar-refractivity contribution is 7.92. The molecule has 0 bridgehead atoms. The van der Waals surface area contributed by atoms with E-state index in [1.54, 1.807) is 24.3 Å². The number of nitrogens with zero attached hydrogens (tertiary/aromatic N) is 1. The van der Waals surface area contributed by atoms with Crippen molar-refractivity contribution in [2.45, 2.75) is 53.1 Å². The van der Waals surface area contributed by atoms with Gasteiger partial charge >= 0.3 is 0 Å². The third kappa shape index (κ3) is 4.93. The van der Waals surface area contributed by atoms with Crippen molar-refractivity contribution in [2.75, 3.05) is 10.6 Å². The lowest BCUT2D eigenvalue weighted by atomic mass is 9.96. The summed E-state index contributed by atoms with van der Waals surface area (Å²) in [6, 6.07) is 11.9. The second kappa shape index (κ2) is 8.78. The Hall–Kier alpha value is -2.34. The summed E-state index contributed by atoms with van der Waals surface area (Å²) in [5, 5.41) is 3.01. The molecular formula is C22H30N2O3S. The zero-order valence-corrected chi connectivity index (χ0v) is 18.3. The summed E-state index contributed by atoms with van der Waals surface area (Å²) >= 11 is 0. The molecule has 0 aliphatic carbocycles. The van der Waals surface area contributed by atoms with E-state index >= 15 is 0 Å². The highest BCUT2D eigenvalue weighted by Gasteiger charge is 2.32. The quantitative estimate of drug-likeness (QED) is 0.760. The molecule has 0 saturated carbocycles. The van der Waals surface area contributed by atoms with Crippen molar-refractivity contribution in [1.29, 1.82) is 0 Å². The minimum atomic E-state index is -3.62. The van der Waals surface area contributed by atoms with Crippen molar-refractivity contribution in [3.8, 4) is 0 Å². The second-order valence-corrected chi connectivity index (χ2v) is 9.20. The Morgan fingerprint density at radius 2 is 1.61 bits per heavy atom. The average molecular weight is 403 g/mol. The molecule has 0 fully saturated rings. The first kappa shape index (κ1) is 22.0. The fraction of sp³-hybridized carbons (Fsp3) is 0.409. The van der Waals surface area contributed by atoms with E-state index in [9.17, 15) is 13.2 Å². The van der Waals surface area contributed by atoms with Crippen molar-refractivity contribution in [3.05, 3.63) is 64.7 Å². The van der Waals surface area contributed by atoms with Crippen LogP contribution in [0.2, 0.25) is 0 Å². The molecule has 0 aromatic heterocycles. The number of carbonyl (C=O) groups excluding carboxylic acids is 1. The molecule has 0 spiro atoms. The number of sulfonamides is 1. The van der Waals surface area contributed by atoms with E-state index in [4.69, 9.17) is 0 Å². The molecule has 5 nitrogen and oxygen atoms in total. The Morgan fingerprint density at radius 1 is 1.04 bits per heavy atom. The van der Waals surface area contributed by atoms with Gasteiger partial charge in [-0.1, -0.05) is 37.3 Å². The zero-order chi connectivity index (χ0) is 21.1. The van der Waals surface area contributed by atoms with Crippen molar-refractivity contribution in [3.63, 3.8) is 0 Å². The predicted octanol–water partition coefficient (Wildman–Crippen LogP) is 4.03. The minimum Gasteiger partial charge on any atom is -0.348 e. The first-order valence-electron chi connectivity index (χ1n) is 9.48. The van der Waals surface area contributed by atoms with Gasteiger partial charge in [-0.05, 0) is 68.5 Å². The van der Waals surface area contributed by atoms with E-state index in [1.165, 1.54) is 9.87 Å². The van der Waals surface area contributed by atoms with Crippen LogP contribution in [0.3, 0.4) is 0 Å². The molecule has 2 atom stereocenters. The van der Waals surface area contributed by atoms with E-state index in [1.807, 2.05) is 33.8 Å². The Bertz CT molecular complexity index is 940.